The van der Waals surface area contributed by atoms with E-state index in [1.807, 2.05) is 11.8 Å². The Hall–Kier alpha value is -2.37. The number of halogens is 3. The zero-order valence-corrected chi connectivity index (χ0v) is 14.9. The first-order valence-corrected chi connectivity index (χ1v) is 8.53. The lowest BCUT2D eigenvalue weighted by atomic mass is 9.77. The number of hydrogen-bond donors (Lipinski definition) is 0. The predicted molar refractivity (Wildman–Crippen MR) is 91.2 cm³/mol. The van der Waals surface area contributed by atoms with E-state index in [9.17, 15) is 22.8 Å². The number of hydrogen-bond acceptors (Lipinski definition) is 3. The number of Topliss-reactive ketones (excluding diaryl/α,β-unsaturated/α-hetero) is 2. The van der Waals surface area contributed by atoms with Crippen molar-refractivity contribution in [2.24, 2.45) is 0 Å². The van der Waals surface area contributed by atoms with Gasteiger partial charge in [0.15, 0.2) is 11.6 Å². The maximum atomic E-state index is 12.9. The van der Waals surface area contributed by atoms with Crippen LogP contribution in [0.3, 0.4) is 0 Å². The van der Waals surface area contributed by atoms with E-state index in [4.69, 9.17) is 0 Å². The Bertz CT molecular complexity index is 832. The average molecular weight is 363 g/mol. The summed E-state index contributed by atoms with van der Waals surface area (Å²) in [6.07, 6.45) is -2.81. The van der Waals surface area contributed by atoms with Crippen molar-refractivity contribution in [2.75, 3.05) is 6.54 Å². The van der Waals surface area contributed by atoms with E-state index in [0.717, 1.165) is 42.9 Å². The molecule has 26 heavy (non-hydrogen) atoms. The largest absolute Gasteiger partial charge is 0.416 e. The topological polar surface area (TPSA) is 37.4 Å². The van der Waals surface area contributed by atoms with Crippen LogP contribution in [0, 0.1) is 0 Å². The molecule has 1 atom stereocenters. The maximum absolute atomic E-state index is 12.9. The quantitative estimate of drug-likeness (QED) is 0.787. The summed E-state index contributed by atoms with van der Waals surface area (Å²) in [5, 5.41) is 0. The van der Waals surface area contributed by atoms with Crippen LogP contribution in [-0.2, 0) is 15.8 Å². The minimum Gasteiger partial charge on any atom is -0.348 e. The van der Waals surface area contributed by atoms with E-state index in [1.54, 1.807) is 0 Å². The van der Waals surface area contributed by atoms with Crippen LogP contribution in [-0.4, -0.2) is 23.0 Å². The molecule has 0 N–H and O–H groups in total. The third kappa shape index (κ3) is 2.97. The Morgan fingerprint density at radius 1 is 1.04 bits per heavy atom. The van der Waals surface area contributed by atoms with Crippen molar-refractivity contribution in [1.82, 2.24) is 4.90 Å². The first-order chi connectivity index (χ1) is 12.1. The van der Waals surface area contributed by atoms with Gasteiger partial charge in [0.1, 0.15) is 0 Å². The second-order valence-corrected chi connectivity index (χ2v) is 6.78. The first-order valence-electron chi connectivity index (χ1n) is 8.53. The summed E-state index contributed by atoms with van der Waals surface area (Å²) in [5.41, 5.74) is 2.48. The van der Waals surface area contributed by atoms with Crippen LogP contribution in [0.2, 0.25) is 0 Å². The van der Waals surface area contributed by atoms with Gasteiger partial charge in [-0.1, -0.05) is 12.1 Å². The Morgan fingerprint density at radius 2 is 1.62 bits per heavy atom. The molecule has 0 aromatic heterocycles. The fourth-order valence-corrected chi connectivity index (χ4v) is 4.05. The summed E-state index contributed by atoms with van der Waals surface area (Å²) in [7, 11) is 0. The van der Waals surface area contributed by atoms with Crippen LogP contribution in [0.25, 0.3) is 0 Å². The smallest absolute Gasteiger partial charge is 0.348 e. The van der Waals surface area contributed by atoms with Crippen LogP contribution in [0.5, 0.6) is 0 Å². The van der Waals surface area contributed by atoms with E-state index in [2.05, 4.69) is 0 Å². The first kappa shape index (κ1) is 18.4. The molecule has 0 aliphatic carbocycles. The molecule has 1 fully saturated rings. The maximum Gasteiger partial charge on any atom is 0.416 e. The number of nitrogens with zero attached hydrogens (tertiary/aromatic N) is 1. The standard InChI is InChI=1S/C20H20F3NO2/c1-11-17(12(2)25)19(14-6-8-15(9-7-14)20(21,22)23)18(13(3)26)16-5-4-10-24(11)16/h6-9,19H,4-5,10H2,1-3H3. The van der Waals surface area contributed by atoms with Crippen molar-refractivity contribution >= 4 is 11.6 Å². The molecule has 0 amide bonds. The number of fused-ring (bicyclic) bond motifs is 1. The highest BCUT2D eigenvalue weighted by atomic mass is 19.4. The molecule has 1 saturated heterocycles. The van der Waals surface area contributed by atoms with Crippen molar-refractivity contribution in [3.05, 3.63) is 57.9 Å². The summed E-state index contributed by atoms with van der Waals surface area (Å²) < 4.78 is 38.6. The molecule has 2 heterocycles. The van der Waals surface area contributed by atoms with Crippen molar-refractivity contribution in [1.29, 1.82) is 0 Å². The fraction of sp³-hybridized carbons (Fsp3) is 0.400. The van der Waals surface area contributed by atoms with Gasteiger partial charge in [-0.05, 0) is 51.3 Å². The van der Waals surface area contributed by atoms with Gasteiger partial charge in [0, 0.05) is 35.0 Å². The van der Waals surface area contributed by atoms with Gasteiger partial charge in [0.05, 0.1) is 5.56 Å². The molecule has 0 radical (unpaired) electrons. The van der Waals surface area contributed by atoms with E-state index >= 15 is 0 Å². The van der Waals surface area contributed by atoms with Crippen LogP contribution >= 0.6 is 0 Å². The van der Waals surface area contributed by atoms with Crippen molar-refractivity contribution < 1.29 is 22.8 Å². The van der Waals surface area contributed by atoms with Gasteiger partial charge in [-0.3, -0.25) is 9.59 Å². The Morgan fingerprint density at radius 3 is 2.12 bits per heavy atom. The Kier molecular flexibility index (Phi) is 4.54. The van der Waals surface area contributed by atoms with E-state index in [-0.39, 0.29) is 11.6 Å². The molecule has 0 bridgehead atoms. The van der Waals surface area contributed by atoms with Gasteiger partial charge in [0.2, 0.25) is 0 Å². The highest BCUT2D eigenvalue weighted by molar-refractivity contribution is 6.03. The number of rotatable bonds is 3. The normalized spacial score (nSPS) is 20.5. The Labute approximate surface area is 150 Å². The van der Waals surface area contributed by atoms with E-state index in [0.29, 0.717) is 16.7 Å². The van der Waals surface area contributed by atoms with Crippen molar-refractivity contribution in [3.8, 4) is 0 Å². The van der Waals surface area contributed by atoms with Gasteiger partial charge in [-0.25, -0.2) is 0 Å². The lowest BCUT2D eigenvalue weighted by Gasteiger charge is -2.36. The van der Waals surface area contributed by atoms with Gasteiger partial charge < -0.3 is 4.90 Å². The molecule has 2 aliphatic rings. The number of carbonyl (C=O) groups is 2. The SMILES string of the molecule is CC(=O)C1=C(C)N2CCCC2=C(C(C)=O)C1c1ccc(C(F)(F)F)cc1. The predicted octanol–water partition coefficient (Wildman–Crippen LogP) is 4.60. The molecule has 0 saturated carbocycles. The second kappa shape index (κ2) is 6.41. The van der Waals surface area contributed by atoms with Gasteiger partial charge in [-0.2, -0.15) is 13.2 Å². The van der Waals surface area contributed by atoms with Gasteiger partial charge in [-0.15, -0.1) is 0 Å². The lowest BCUT2D eigenvalue weighted by Crippen LogP contribution is -2.31. The summed E-state index contributed by atoms with van der Waals surface area (Å²) >= 11 is 0. The molecular formula is C20H20F3NO2. The fourth-order valence-electron chi connectivity index (χ4n) is 4.05. The second-order valence-electron chi connectivity index (χ2n) is 6.78. The number of allylic oxidation sites excluding steroid dienone is 4. The molecule has 1 aromatic rings. The Balaban J connectivity index is 2.19. The highest BCUT2D eigenvalue weighted by Gasteiger charge is 2.39. The molecule has 1 unspecified atom stereocenters. The van der Waals surface area contributed by atoms with E-state index in [1.165, 1.54) is 26.0 Å². The van der Waals surface area contributed by atoms with Gasteiger partial charge in [0.25, 0.3) is 0 Å². The van der Waals surface area contributed by atoms with Crippen LogP contribution < -0.4 is 0 Å². The lowest BCUT2D eigenvalue weighted by molar-refractivity contribution is -0.137. The average Bonchev–Trinajstić information content (AvgIpc) is 3.02. The van der Waals surface area contributed by atoms with Crippen LogP contribution in [0.4, 0.5) is 13.2 Å². The summed E-state index contributed by atoms with van der Waals surface area (Å²) in [4.78, 5) is 26.8. The molecule has 0 spiro atoms. The van der Waals surface area contributed by atoms with E-state index < -0.39 is 17.7 Å². The minimum absolute atomic E-state index is 0.150. The molecule has 6 heteroatoms. The summed E-state index contributed by atoms with van der Waals surface area (Å²) in [6.45, 7) is 5.48. The monoisotopic (exact) mass is 363 g/mol. The zero-order valence-electron chi connectivity index (χ0n) is 14.9. The number of benzene rings is 1. The molecule has 3 nitrogen and oxygen atoms in total. The number of alkyl halides is 3. The van der Waals surface area contributed by atoms with Crippen LogP contribution in [0.15, 0.2) is 46.8 Å². The number of ketones is 2. The highest BCUT2D eigenvalue weighted by Crippen LogP contribution is 2.46. The zero-order chi connectivity index (χ0) is 19.2. The third-order valence-corrected chi connectivity index (χ3v) is 5.13. The van der Waals surface area contributed by atoms with Crippen molar-refractivity contribution in [2.45, 2.75) is 45.7 Å². The molecule has 3 rings (SSSR count). The summed E-state index contributed by atoms with van der Waals surface area (Å²) in [5.74, 6) is -0.934. The third-order valence-electron chi connectivity index (χ3n) is 5.13. The molecule has 1 aromatic carbocycles. The molecule has 138 valence electrons. The van der Waals surface area contributed by atoms with Crippen LogP contribution in [0.1, 0.15) is 50.7 Å². The number of carbonyl (C=O) groups excluding carboxylic acids is 2. The molecule has 2 aliphatic heterocycles. The molecular weight excluding hydrogens is 343 g/mol. The summed E-state index contributed by atoms with van der Waals surface area (Å²) in [6, 6.07) is 4.76. The van der Waals surface area contributed by atoms with Gasteiger partial charge >= 0.3 is 6.18 Å². The van der Waals surface area contributed by atoms with Crippen molar-refractivity contribution in [3.63, 3.8) is 0 Å². The minimum atomic E-state index is -4.43.